The minimum absolute atomic E-state index is 0.00914. The maximum Gasteiger partial charge on any atom is 0.307 e. The van der Waals surface area contributed by atoms with Crippen LogP contribution in [0.15, 0.2) is 24.3 Å². The van der Waals surface area contributed by atoms with Crippen LogP contribution < -0.4 is 0 Å². The first-order valence-corrected chi connectivity index (χ1v) is 4.71. The average molecular weight is 208 g/mol. The van der Waals surface area contributed by atoms with E-state index in [1.54, 1.807) is 24.3 Å². The van der Waals surface area contributed by atoms with Crippen LogP contribution in [-0.4, -0.2) is 29.4 Å². The van der Waals surface area contributed by atoms with Crippen molar-refractivity contribution in [1.29, 1.82) is 0 Å². The smallest absolute Gasteiger partial charge is 0.307 e. The van der Waals surface area contributed by atoms with Gasteiger partial charge in [-0.3, -0.25) is 4.79 Å². The van der Waals surface area contributed by atoms with Gasteiger partial charge in [-0.25, -0.2) is 0 Å². The van der Waals surface area contributed by atoms with Crippen LogP contribution in [0.1, 0.15) is 11.1 Å². The van der Waals surface area contributed by atoms with E-state index in [1.165, 1.54) is 0 Å². The van der Waals surface area contributed by atoms with Gasteiger partial charge < -0.3 is 14.9 Å². The molecule has 0 spiro atoms. The summed E-state index contributed by atoms with van der Waals surface area (Å²) in [4.78, 5) is 10.4. The van der Waals surface area contributed by atoms with Gasteiger partial charge >= 0.3 is 5.97 Å². The van der Waals surface area contributed by atoms with Gasteiger partial charge in [0, 0.05) is 0 Å². The van der Waals surface area contributed by atoms with E-state index in [2.05, 4.69) is 0 Å². The fourth-order valence-electron chi connectivity index (χ4n) is 1.57. The van der Waals surface area contributed by atoms with Gasteiger partial charge in [0.15, 0.2) is 0 Å². The normalized spacial score (nSPS) is 18.2. The third-order valence-corrected chi connectivity index (χ3v) is 2.53. The van der Waals surface area contributed by atoms with Gasteiger partial charge in [-0.1, -0.05) is 24.3 Å². The van der Waals surface area contributed by atoms with Crippen molar-refractivity contribution in [2.75, 3.05) is 13.2 Å². The molecule has 1 aromatic rings. The van der Waals surface area contributed by atoms with E-state index in [0.29, 0.717) is 13.2 Å². The molecular weight excluding hydrogens is 196 g/mol. The van der Waals surface area contributed by atoms with Crippen LogP contribution in [0.2, 0.25) is 0 Å². The Morgan fingerprint density at radius 2 is 1.93 bits per heavy atom. The van der Waals surface area contributed by atoms with Gasteiger partial charge in [0.1, 0.15) is 5.60 Å². The van der Waals surface area contributed by atoms with Crippen molar-refractivity contribution in [2.24, 2.45) is 0 Å². The molecule has 1 aromatic carbocycles. The fourth-order valence-corrected chi connectivity index (χ4v) is 1.57. The molecule has 0 aliphatic carbocycles. The first-order valence-electron chi connectivity index (χ1n) is 4.71. The van der Waals surface area contributed by atoms with E-state index >= 15 is 0 Å². The third-order valence-electron chi connectivity index (χ3n) is 2.53. The lowest BCUT2D eigenvalue weighted by molar-refractivity contribution is -0.184. The second-order valence-electron chi connectivity index (χ2n) is 3.79. The summed E-state index contributed by atoms with van der Waals surface area (Å²) in [6.07, 6.45) is 0.00914. The van der Waals surface area contributed by atoms with Crippen LogP contribution in [0, 0.1) is 0 Å². The SMILES string of the molecule is O=C(O)Cc1ccc(C2(O)COC2)cc1. The predicted octanol–water partition coefficient (Wildman–Crippen LogP) is 0.532. The Bertz CT molecular complexity index is 365. The maximum atomic E-state index is 10.4. The summed E-state index contributed by atoms with van der Waals surface area (Å²) in [6.45, 7) is 0.622. The molecule has 4 nitrogen and oxygen atoms in total. The molecule has 2 N–H and O–H groups in total. The second kappa shape index (κ2) is 3.64. The maximum absolute atomic E-state index is 10.4. The second-order valence-corrected chi connectivity index (χ2v) is 3.79. The van der Waals surface area contributed by atoms with Crippen LogP contribution in [0.4, 0.5) is 0 Å². The zero-order valence-corrected chi connectivity index (χ0v) is 8.14. The predicted molar refractivity (Wildman–Crippen MR) is 52.5 cm³/mol. The lowest BCUT2D eigenvalue weighted by atomic mass is 9.91. The van der Waals surface area contributed by atoms with Gasteiger partial charge in [0.05, 0.1) is 19.6 Å². The molecule has 0 bridgehead atoms. The number of aliphatic hydroxyl groups is 1. The summed E-state index contributed by atoms with van der Waals surface area (Å²) in [5.41, 5.74) is 0.639. The number of carbonyl (C=O) groups is 1. The van der Waals surface area contributed by atoms with E-state index < -0.39 is 11.6 Å². The van der Waals surface area contributed by atoms with Crippen LogP contribution in [-0.2, 0) is 21.6 Å². The molecule has 0 amide bonds. The molecule has 80 valence electrons. The Hall–Kier alpha value is -1.39. The minimum atomic E-state index is -0.873. The fraction of sp³-hybridized carbons (Fsp3) is 0.364. The van der Waals surface area contributed by atoms with Crippen molar-refractivity contribution in [3.63, 3.8) is 0 Å². The molecule has 0 radical (unpaired) electrons. The first kappa shape index (κ1) is 10.1. The molecule has 0 unspecified atom stereocenters. The highest BCUT2D eigenvalue weighted by Gasteiger charge is 2.37. The van der Waals surface area contributed by atoms with E-state index in [0.717, 1.165) is 11.1 Å². The molecule has 0 saturated carbocycles. The number of rotatable bonds is 3. The monoisotopic (exact) mass is 208 g/mol. The Morgan fingerprint density at radius 1 is 1.33 bits per heavy atom. The largest absolute Gasteiger partial charge is 0.481 e. The topological polar surface area (TPSA) is 66.8 Å². The summed E-state index contributed by atoms with van der Waals surface area (Å²) in [7, 11) is 0. The molecule has 4 heteroatoms. The van der Waals surface area contributed by atoms with E-state index in [9.17, 15) is 9.90 Å². The summed E-state index contributed by atoms with van der Waals surface area (Å²) < 4.78 is 4.94. The number of aliphatic carboxylic acids is 1. The third kappa shape index (κ3) is 2.00. The number of carboxylic acids is 1. The molecule has 1 heterocycles. The van der Waals surface area contributed by atoms with E-state index in [-0.39, 0.29) is 6.42 Å². The molecule has 0 atom stereocenters. The zero-order valence-electron chi connectivity index (χ0n) is 8.14. The summed E-state index contributed by atoms with van der Waals surface area (Å²) in [6, 6.07) is 6.95. The highest BCUT2D eigenvalue weighted by Crippen LogP contribution is 2.29. The molecule has 1 saturated heterocycles. The lowest BCUT2D eigenvalue weighted by Gasteiger charge is -2.36. The zero-order chi connectivity index (χ0) is 10.9. The van der Waals surface area contributed by atoms with Crippen molar-refractivity contribution in [3.8, 4) is 0 Å². The minimum Gasteiger partial charge on any atom is -0.481 e. The molecule has 15 heavy (non-hydrogen) atoms. The van der Waals surface area contributed by atoms with Crippen LogP contribution in [0.5, 0.6) is 0 Å². The van der Waals surface area contributed by atoms with Crippen LogP contribution >= 0.6 is 0 Å². The Kier molecular flexibility index (Phi) is 2.46. The van der Waals surface area contributed by atoms with Gasteiger partial charge in [0.2, 0.25) is 0 Å². The molecule has 0 aromatic heterocycles. The van der Waals surface area contributed by atoms with Crippen LogP contribution in [0.25, 0.3) is 0 Å². The van der Waals surface area contributed by atoms with Gasteiger partial charge in [-0.05, 0) is 11.1 Å². The van der Waals surface area contributed by atoms with E-state index in [4.69, 9.17) is 9.84 Å². The molecule has 1 fully saturated rings. The van der Waals surface area contributed by atoms with Crippen molar-refractivity contribution >= 4 is 5.97 Å². The lowest BCUT2D eigenvalue weighted by Crippen LogP contribution is -2.46. The van der Waals surface area contributed by atoms with Gasteiger partial charge in [-0.15, -0.1) is 0 Å². The summed E-state index contributed by atoms with van der Waals surface area (Å²) >= 11 is 0. The quantitative estimate of drug-likeness (QED) is 0.760. The Balaban J connectivity index is 2.13. The molecule has 1 aliphatic heterocycles. The molecule has 1 aliphatic rings. The summed E-state index contributed by atoms with van der Waals surface area (Å²) in [5.74, 6) is -0.853. The van der Waals surface area contributed by atoms with Gasteiger partial charge in [0.25, 0.3) is 0 Å². The number of hydrogen-bond acceptors (Lipinski definition) is 3. The first-order chi connectivity index (χ1) is 7.10. The number of ether oxygens (including phenoxy) is 1. The van der Waals surface area contributed by atoms with Crippen molar-refractivity contribution in [1.82, 2.24) is 0 Å². The standard InChI is InChI=1S/C11H12O4/c12-10(13)5-8-1-3-9(4-2-8)11(14)6-15-7-11/h1-4,14H,5-7H2,(H,12,13). The van der Waals surface area contributed by atoms with Crippen molar-refractivity contribution in [3.05, 3.63) is 35.4 Å². The number of benzene rings is 1. The van der Waals surface area contributed by atoms with Gasteiger partial charge in [-0.2, -0.15) is 0 Å². The average Bonchev–Trinajstić information content (AvgIpc) is 2.14. The highest BCUT2D eigenvalue weighted by molar-refractivity contribution is 5.70. The number of hydrogen-bond donors (Lipinski definition) is 2. The molecule has 2 rings (SSSR count). The number of carboxylic acid groups (broad SMARTS) is 1. The van der Waals surface area contributed by atoms with Crippen molar-refractivity contribution < 1.29 is 19.7 Å². The van der Waals surface area contributed by atoms with Crippen LogP contribution in [0.3, 0.4) is 0 Å². The summed E-state index contributed by atoms with van der Waals surface area (Å²) in [5, 5.41) is 18.5. The highest BCUT2D eigenvalue weighted by atomic mass is 16.5. The van der Waals surface area contributed by atoms with E-state index in [1.807, 2.05) is 0 Å². The Morgan fingerprint density at radius 3 is 2.33 bits per heavy atom. The molecular formula is C11H12O4. The van der Waals surface area contributed by atoms with Crippen molar-refractivity contribution in [2.45, 2.75) is 12.0 Å². The Labute approximate surface area is 87.1 Å².